The van der Waals surface area contributed by atoms with Gasteiger partial charge in [-0.3, -0.25) is 4.79 Å². The van der Waals surface area contributed by atoms with Crippen LogP contribution in [0.5, 0.6) is 0 Å². The summed E-state index contributed by atoms with van der Waals surface area (Å²) in [4.78, 5) is 12.9. The Balaban J connectivity index is 2.88. The average molecular weight is 182 g/mol. The Morgan fingerprint density at radius 1 is 1.69 bits per heavy atom. The standard InChI is InChI=1S/C9H14N2O2/c1-4-5-11(8(3)12)9-6-10-13-7(9)2/h6H,4-5H2,1-3H3. The van der Waals surface area contributed by atoms with Crippen LogP contribution in [0.25, 0.3) is 0 Å². The number of aromatic nitrogens is 1. The second-order valence-electron chi connectivity index (χ2n) is 2.94. The van der Waals surface area contributed by atoms with E-state index in [0.717, 1.165) is 12.1 Å². The van der Waals surface area contributed by atoms with Crippen LogP contribution >= 0.6 is 0 Å². The second-order valence-corrected chi connectivity index (χ2v) is 2.94. The molecule has 0 aliphatic carbocycles. The molecule has 1 aromatic heterocycles. The van der Waals surface area contributed by atoms with Crippen LogP contribution in [-0.2, 0) is 4.79 Å². The van der Waals surface area contributed by atoms with Gasteiger partial charge in [0.05, 0.1) is 6.20 Å². The van der Waals surface area contributed by atoms with E-state index in [1.54, 1.807) is 24.9 Å². The van der Waals surface area contributed by atoms with E-state index >= 15 is 0 Å². The number of nitrogens with zero attached hydrogens (tertiary/aromatic N) is 2. The van der Waals surface area contributed by atoms with Crippen molar-refractivity contribution in [1.29, 1.82) is 0 Å². The van der Waals surface area contributed by atoms with Gasteiger partial charge in [-0.05, 0) is 13.3 Å². The Bertz CT molecular complexity index is 294. The van der Waals surface area contributed by atoms with E-state index in [1.165, 1.54) is 0 Å². The lowest BCUT2D eigenvalue weighted by Crippen LogP contribution is -2.29. The molecular weight excluding hydrogens is 168 g/mol. The van der Waals surface area contributed by atoms with Crippen LogP contribution in [0.2, 0.25) is 0 Å². The Kier molecular flexibility index (Phi) is 3.06. The SMILES string of the molecule is CCCN(C(C)=O)c1cnoc1C. The first-order valence-electron chi connectivity index (χ1n) is 4.36. The fraction of sp³-hybridized carbons (Fsp3) is 0.556. The fourth-order valence-corrected chi connectivity index (χ4v) is 1.22. The van der Waals surface area contributed by atoms with Gasteiger partial charge >= 0.3 is 0 Å². The third-order valence-electron chi connectivity index (χ3n) is 1.84. The summed E-state index contributed by atoms with van der Waals surface area (Å²) in [6.07, 6.45) is 2.50. The normalized spacial score (nSPS) is 10.1. The maximum absolute atomic E-state index is 11.2. The molecule has 0 aromatic carbocycles. The number of amides is 1. The van der Waals surface area contributed by atoms with Gasteiger partial charge in [0.1, 0.15) is 5.69 Å². The molecule has 1 heterocycles. The van der Waals surface area contributed by atoms with E-state index < -0.39 is 0 Å². The highest BCUT2D eigenvalue weighted by atomic mass is 16.5. The predicted octanol–water partition coefficient (Wildman–Crippen LogP) is 1.75. The van der Waals surface area contributed by atoms with Crippen molar-refractivity contribution in [3.05, 3.63) is 12.0 Å². The summed E-state index contributed by atoms with van der Waals surface area (Å²) in [5.41, 5.74) is 0.773. The molecule has 0 unspecified atom stereocenters. The molecule has 4 nitrogen and oxygen atoms in total. The lowest BCUT2D eigenvalue weighted by atomic mass is 10.3. The van der Waals surface area contributed by atoms with E-state index in [2.05, 4.69) is 5.16 Å². The Hall–Kier alpha value is -1.32. The molecule has 0 saturated carbocycles. The molecule has 0 saturated heterocycles. The second kappa shape index (κ2) is 4.07. The van der Waals surface area contributed by atoms with Gasteiger partial charge in [0, 0.05) is 13.5 Å². The van der Waals surface area contributed by atoms with Crippen molar-refractivity contribution in [3.8, 4) is 0 Å². The first-order chi connectivity index (χ1) is 6.16. The monoisotopic (exact) mass is 182 g/mol. The lowest BCUT2D eigenvalue weighted by molar-refractivity contribution is -0.116. The molecule has 1 aromatic rings. The maximum Gasteiger partial charge on any atom is 0.224 e. The van der Waals surface area contributed by atoms with Gasteiger partial charge in [0.15, 0.2) is 5.76 Å². The van der Waals surface area contributed by atoms with Crippen LogP contribution in [0.4, 0.5) is 5.69 Å². The Labute approximate surface area is 77.5 Å². The smallest absolute Gasteiger partial charge is 0.224 e. The Morgan fingerprint density at radius 2 is 2.38 bits per heavy atom. The van der Waals surface area contributed by atoms with Gasteiger partial charge in [-0.2, -0.15) is 0 Å². The molecule has 1 rings (SSSR count). The van der Waals surface area contributed by atoms with Crippen molar-refractivity contribution in [2.75, 3.05) is 11.4 Å². The van der Waals surface area contributed by atoms with Gasteiger partial charge in [0.25, 0.3) is 0 Å². The molecule has 0 radical (unpaired) electrons. The maximum atomic E-state index is 11.2. The molecule has 13 heavy (non-hydrogen) atoms. The summed E-state index contributed by atoms with van der Waals surface area (Å²) >= 11 is 0. The molecule has 0 aliphatic rings. The lowest BCUT2D eigenvalue weighted by Gasteiger charge is -2.18. The van der Waals surface area contributed by atoms with Gasteiger partial charge < -0.3 is 9.42 Å². The molecule has 72 valence electrons. The van der Waals surface area contributed by atoms with Crippen LogP contribution in [0.15, 0.2) is 10.7 Å². The number of hydrogen-bond acceptors (Lipinski definition) is 3. The number of rotatable bonds is 3. The summed E-state index contributed by atoms with van der Waals surface area (Å²) in [5, 5.41) is 3.64. The topological polar surface area (TPSA) is 46.3 Å². The molecule has 0 bridgehead atoms. The molecule has 0 N–H and O–H groups in total. The highest BCUT2D eigenvalue weighted by molar-refractivity contribution is 5.91. The molecule has 4 heteroatoms. The largest absolute Gasteiger partial charge is 0.359 e. The van der Waals surface area contributed by atoms with E-state index in [0.29, 0.717) is 12.3 Å². The highest BCUT2D eigenvalue weighted by Crippen LogP contribution is 2.19. The van der Waals surface area contributed by atoms with Crippen molar-refractivity contribution < 1.29 is 9.32 Å². The Morgan fingerprint density at radius 3 is 2.77 bits per heavy atom. The van der Waals surface area contributed by atoms with E-state index in [9.17, 15) is 4.79 Å². The van der Waals surface area contributed by atoms with Gasteiger partial charge in [-0.25, -0.2) is 0 Å². The minimum absolute atomic E-state index is 0.0214. The third kappa shape index (κ3) is 2.08. The molecular formula is C9H14N2O2. The number of carbonyl (C=O) groups excluding carboxylic acids is 1. The van der Waals surface area contributed by atoms with Gasteiger partial charge in [0.2, 0.25) is 5.91 Å². The first-order valence-corrected chi connectivity index (χ1v) is 4.36. The van der Waals surface area contributed by atoms with Crippen molar-refractivity contribution >= 4 is 11.6 Å². The minimum Gasteiger partial charge on any atom is -0.359 e. The summed E-state index contributed by atoms with van der Waals surface area (Å²) in [6, 6.07) is 0. The number of aryl methyl sites for hydroxylation is 1. The number of anilines is 1. The zero-order chi connectivity index (χ0) is 9.84. The van der Waals surface area contributed by atoms with Crippen molar-refractivity contribution in [2.45, 2.75) is 27.2 Å². The molecule has 1 amide bonds. The van der Waals surface area contributed by atoms with E-state index in [1.807, 2.05) is 6.92 Å². The summed E-state index contributed by atoms with van der Waals surface area (Å²) in [7, 11) is 0. The summed E-state index contributed by atoms with van der Waals surface area (Å²) < 4.78 is 4.90. The zero-order valence-corrected chi connectivity index (χ0v) is 8.20. The summed E-state index contributed by atoms with van der Waals surface area (Å²) in [6.45, 7) is 6.08. The van der Waals surface area contributed by atoms with Crippen LogP contribution in [0.1, 0.15) is 26.0 Å². The fourth-order valence-electron chi connectivity index (χ4n) is 1.22. The average Bonchev–Trinajstić information content (AvgIpc) is 2.47. The van der Waals surface area contributed by atoms with Gasteiger partial charge in [-0.15, -0.1) is 0 Å². The molecule has 0 fully saturated rings. The van der Waals surface area contributed by atoms with E-state index in [-0.39, 0.29) is 5.91 Å². The first kappa shape index (κ1) is 9.77. The van der Waals surface area contributed by atoms with Gasteiger partial charge in [-0.1, -0.05) is 12.1 Å². The van der Waals surface area contributed by atoms with Crippen LogP contribution in [0.3, 0.4) is 0 Å². The van der Waals surface area contributed by atoms with Crippen LogP contribution in [0, 0.1) is 6.92 Å². The minimum atomic E-state index is 0.0214. The van der Waals surface area contributed by atoms with Crippen molar-refractivity contribution in [2.24, 2.45) is 0 Å². The predicted molar refractivity (Wildman–Crippen MR) is 49.6 cm³/mol. The van der Waals surface area contributed by atoms with Crippen molar-refractivity contribution in [1.82, 2.24) is 5.16 Å². The van der Waals surface area contributed by atoms with Crippen molar-refractivity contribution in [3.63, 3.8) is 0 Å². The van der Waals surface area contributed by atoms with Crippen LogP contribution in [-0.4, -0.2) is 17.6 Å². The number of carbonyl (C=O) groups is 1. The molecule has 0 aliphatic heterocycles. The molecule has 0 atom stereocenters. The zero-order valence-electron chi connectivity index (χ0n) is 8.20. The number of hydrogen-bond donors (Lipinski definition) is 0. The third-order valence-corrected chi connectivity index (χ3v) is 1.84. The highest BCUT2D eigenvalue weighted by Gasteiger charge is 2.15. The van der Waals surface area contributed by atoms with E-state index in [4.69, 9.17) is 4.52 Å². The quantitative estimate of drug-likeness (QED) is 0.715. The summed E-state index contributed by atoms with van der Waals surface area (Å²) in [5.74, 6) is 0.705. The van der Waals surface area contributed by atoms with Crippen LogP contribution < -0.4 is 4.90 Å². The molecule has 0 spiro atoms.